The van der Waals surface area contributed by atoms with Crippen LogP contribution in [0.1, 0.15) is 22.7 Å². The lowest BCUT2D eigenvalue weighted by Crippen LogP contribution is -2.40. The zero-order valence-electron chi connectivity index (χ0n) is 15.2. The molecule has 1 amide bonds. The van der Waals surface area contributed by atoms with Crippen LogP contribution in [0.25, 0.3) is 10.9 Å². The van der Waals surface area contributed by atoms with Gasteiger partial charge in [-0.25, -0.2) is 4.98 Å². The number of hydrogen-bond acceptors (Lipinski definition) is 4. The molecule has 6 nitrogen and oxygen atoms in total. The van der Waals surface area contributed by atoms with Crippen LogP contribution in [-0.4, -0.2) is 28.5 Å². The molecule has 2 aromatic carbocycles. The van der Waals surface area contributed by atoms with Gasteiger partial charge in [0.05, 0.1) is 17.2 Å². The predicted octanol–water partition coefficient (Wildman–Crippen LogP) is 1.71. The summed E-state index contributed by atoms with van der Waals surface area (Å²) in [7, 11) is 0. The second kappa shape index (κ2) is 7.32. The maximum absolute atomic E-state index is 12.6. The summed E-state index contributed by atoms with van der Waals surface area (Å²) in [5.74, 6) is -0.198. The molecule has 1 aliphatic rings. The van der Waals surface area contributed by atoms with Crippen molar-refractivity contribution in [1.29, 1.82) is 0 Å². The van der Waals surface area contributed by atoms with Crippen molar-refractivity contribution in [2.45, 2.75) is 25.9 Å². The molecule has 0 radical (unpaired) electrons. The van der Waals surface area contributed by atoms with Gasteiger partial charge in [-0.3, -0.25) is 14.2 Å². The van der Waals surface area contributed by atoms with Gasteiger partial charge in [-0.1, -0.05) is 36.4 Å². The molecule has 0 spiro atoms. The molecule has 0 bridgehead atoms. The summed E-state index contributed by atoms with van der Waals surface area (Å²) in [5, 5.41) is 6.92. The van der Waals surface area contributed by atoms with Crippen molar-refractivity contribution in [1.82, 2.24) is 20.2 Å². The van der Waals surface area contributed by atoms with Gasteiger partial charge in [0.2, 0.25) is 5.91 Å². The van der Waals surface area contributed by atoms with E-state index < -0.39 is 0 Å². The number of rotatable bonds is 4. The zero-order valence-corrected chi connectivity index (χ0v) is 15.2. The van der Waals surface area contributed by atoms with Crippen LogP contribution in [0.15, 0.2) is 53.6 Å². The Bertz CT molecular complexity index is 1060. The zero-order chi connectivity index (χ0) is 18.8. The van der Waals surface area contributed by atoms with Gasteiger partial charge in [-0.15, -0.1) is 0 Å². The van der Waals surface area contributed by atoms with Crippen molar-refractivity contribution in [2.75, 3.05) is 13.1 Å². The first-order chi connectivity index (χ1) is 13.1. The van der Waals surface area contributed by atoms with Crippen molar-refractivity contribution in [3.05, 3.63) is 75.8 Å². The van der Waals surface area contributed by atoms with Crippen LogP contribution in [0.3, 0.4) is 0 Å². The van der Waals surface area contributed by atoms with Crippen LogP contribution in [0.2, 0.25) is 0 Å². The van der Waals surface area contributed by atoms with Crippen molar-refractivity contribution in [3.63, 3.8) is 0 Å². The first kappa shape index (κ1) is 17.4. The number of aryl methyl sites for hydroxylation is 1. The van der Waals surface area contributed by atoms with E-state index in [0.717, 1.165) is 18.5 Å². The van der Waals surface area contributed by atoms with Crippen molar-refractivity contribution >= 4 is 16.8 Å². The number of para-hydroxylation sites is 1. The van der Waals surface area contributed by atoms with Crippen LogP contribution in [-0.2, 0) is 17.8 Å². The highest BCUT2D eigenvalue weighted by molar-refractivity contribution is 5.81. The van der Waals surface area contributed by atoms with Gasteiger partial charge in [0.1, 0.15) is 6.54 Å². The third kappa shape index (κ3) is 3.48. The largest absolute Gasteiger partial charge is 0.353 e. The van der Waals surface area contributed by atoms with Gasteiger partial charge < -0.3 is 10.6 Å². The van der Waals surface area contributed by atoms with Crippen LogP contribution >= 0.6 is 0 Å². The number of carbonyl (C=O) groups is 1. The molecule has 138 valence electrons. The molecule has 2 N–H and O–H groups in total. The molecule has 6 heteroatoms. The summed E-state index contributed by atoms with van der Waals surface area (Å²) in [6.45, 7) is 3.26. The molecule has 27 heavy (non-hydrogen) atoms. The first-order valence-corrected chi connectivity index (χ1v) is 9.16. The standard InChI is InChI=1S/C21H22N4O2/c1-14-5-4-8-17-20(14)24-13-25(21(17)27)12-19(26)23-11-18-16-7-3-2-6-15(16)9-10-22-18/h2-8,13,18,22H,9-12H2,1H3,(H,23,26). The lowest BCUT2D eigenvalue weighted by molar-refractivity contribution is -0.121. The molecule has 1 aliphatic heterocycles. The third-order valence-electron chi connectivity index (χ3n) is 5.09. The van der Waals surface area contributed by atoms with Crippen LogP contribution in [0.5, 0.6) is 0 Å². The summed E-state index contributed by atoms with van der Waals surface area (Å²) in [6.07, 6.45) is 2.45. The fourth-order valence-corrected chi connectivity index (χ4v) is 3.65. The molecular formula is C21H22N4O2. The quantitative estimate of drug-likeness (QED) is 0.741. The Morgan fingerprint density at radius 2 is 2.11 bits per heavy atom. The van der Waals surface area contributed by atoms with Gasteiger partial charge in [0.25, 0.3) is 5.56 Å². The second-order valence-corrected chi connectivity index (χ2v) is 6.91. The first-order valence-electron chi connectivity index (χ1n) is 9.16. The Labute approximate surface area is 157 Å². The minimum absolute atomic E-state index is 0.0376. The summed E-state index contributed by atoms with van der Waals surface area (Å²) in [6, 6.07) is 13.9. The van der Waals surface area contributed by atoms with E-state index in [9.17, 15) is 9.59 Å². The van der Waals surface area contributed by atoms with Crippen LogP contribution < -0.4 is 16.2 Å². The Morgan fingerprint density at radius 1 is 1.26 bits per heavy atom. The van der Waals surface area contributed by atoms with E-state index in [1.165, 1.54) is 22.0 Å². The molecule has 3 aromatic rings. The average Bonchev–Trinajstić information content (AvgIpc) is 2.69. The number of aromatic nitrogens is 2. The van der Waals surface area contributed by atoms with Crippen LogP contribution in [0.4, 0.5) is 0 Å². The number of nitrogens with zero attached hydrogens (tertiary/aromatic N) is 2. The van der Waals surface area contributed by atoms with E-state index in [1.54, 1.807) is 6.07 Å². The normalized spacial score (nSPS) is 16.1. The fourth-order valence-electron chi connectivity index (χ4n) is 3.65. The van der Waals surface area contributed by atoms with Gasteiger partial charge >= 0.3 is 0 Å². The van der Waals surface area contributed by atoms with E-state index in [-0.39, 0.29) is 24.1 Å². The molecule has 4 rings (SSSR count). The Hall–Kier alpha value is -2.99. The minimum atomic E-state index is -0.198. The summed E-state index contributed by atoms with van der Waals surface area (Å²) in [4.78, 5) is 29.4. The summed E-state index contributed by atoms with van der Waals surface area (Å²) in [5.41, 5.74) is 3.98. The average molecular weight is 362 g/mol. The van der Waals surface area contributed by atoms with E-state index in [1.807, 2.05) is 31.2 Å². The monoisotopic (exact) mass is 362 g/mol. The van der Waals surface area contributed by atoms with E-state index >= 15 is 0 Å². The predicted molar refractivity (Wildman–Crippen MR) is 105 cm³/mol. The van der Waals surface area contributed by atoms with Crippen molar-refractivity contribution in [3.8, 4) is 0 Å². The van der Waals surface area contributed by atoms with E-state index in [2.05, 4.69) is 27.8 Å². The topological polar surface area (TPSA) is 76.0 Å². The fraction of sp³-hybridized carbons (Fsp3) is 0.286. The molecule has 0 saturated heterocycles. The number of nitrogens with one attached hydrogen (secondary N) is 2. The Morgan fingerprint density at radius 3 is 3.00 bits per heavy atom. The summed E-state index contributed by atoms with van der Waals surface area (Å²) < 4.78 is 1.36. The highest BCUT2D eigenvalue weighted by Crippen LogP contribution is 2.21. The molecule has 1 atom stereocenters. The lowest BCUT2D eigenvalue weighted by Gasteiger charge is -2.27. The highest BCUT2D eigenvalue weighted by atomic mass is 16.2. The summed E-state index contributed by atoms with van der Waals surface area (Å²) >= 11 is 0. The SMILES string of the molecule is Cc1cccc2c(=O)n(CC(=O)NCC3NCCc4ccccc43)cnc12. The smallest absolute Gasteiger partial charge is 0.261 e. The molecule has 0 aliphatic carbocycles. The lowest BCUT2D eigenvalue weighted by atomic mass is 9.94. The molecular weight excluding hydrogens is 340 g/mol. The van der Waals surface area contributed by atoms with Crippen molar-refractivity contribution in [2.24, 2.45) is 0 Å². The Kier molecular flexibility index (Phi) is 4.73. The third-order valence-corrected chi connectivity index (χ3v) is 5.09. The molecule has 1 unspecified atom stereocenters. The molecule has 1 aromatic heterocycles. The number of carbonyl (C=O) groups excluding carboxylic acids is 1. The van der Waals surface area contributed by atoms with Crippen molar-refractivity contribution < 1.29 is 4.79 Å². The minimum Gasteiger partial charge on any atom is -0.353 e. The maximum Gasteiger partial charge on any atom is 0.261 e. The van der Waals surface area contributed by atoms with E-state index in [0.29, 0.717) is 17.4 Å². The molecule has 0 saturated carbocycles. The van der Waals surface area contributed by atoms with Gasteiger partial charge in [-0.2, -0.15) is 0 Å². The number of hydrogen-bond donors (Lipinski definition) is 2. The number of fused-ring (bicyclic) bond motifs is 2. The maximum atomic E-state index is 12.6. The molecule has 0 fully saturated rings. The second-order valence-electron chi connectivity index (χ2n) is 6.91. The van der Waals surface area contributed by atoms with Crippen LogP contribution in [0, 0.1) is 6.92 Å². The van der Waals surface area contributed by atoms with E-state index in [4.69, 9.17) is 0 Å². The Balaban J connectivity index is 1.46. The number of amides is 1. The number of benzene rings is 2. The highest BCUT2D eigenvalue weighted by Gasteiger charge is 2.19. The van der Waals surface area contributed by atoms with Gasteiger partial charge in [0, 0.05) is 12.6 Å². The molecule has 2 heterocycles. The van der Waals surface area contributed by atoms with Gasteiger partial charge in [0.15, 0.2) is 0 Å². The van der Waals surface area contributed by atoms with Gasteiger partial charge in [-0.05, 0) is 42.6 Å².